The first-order valence-electron chi connectivity index (χ1n) is 8.66. The van der Waals surface area contributed by atoms with E-state index in [-0.39, 0.29) is 5.41 Å². The van der Waals surface area contributed by atoms with Gasteiger partial charge in [0, 0.05) is 12.0 Å². The highest BCUT2D eigenvalue weighted by Gasteiger charge is 2.41. The molecule has 0 fully saturated rings. The predicted molar refractivity (Wildman–Crippen MR) is 99.7 cm³/mol. The lowest BCUT2D eigenvalue weighted by atomic mass is 9.72. The summed E-state index contributed by atoms with van der Waals surface area (Å²) in [5.74, 6) is 0. The van der Waals surface area contributed by atoms with Crippen molar-refractivity contribution in [2.75, 3.05) is 20.6 Å². The second-order valence-electron chi connectivity index (χ2n) is 6.85. The van der Waals surface area contributed by atoms with Crippen LogP contribution in [0.3, 0.4) is 0 Å². The summed E-state index contributed by atoms with van der Waals surface area (Å²) in [5, 5.41) is 0. The number of nitrogens with zero attached hydrogens (tertiary/aromatic N) is 1. The average molecular weight is 305 g/mol. The Kier molecular flexibility index (Phi) is 4.68. The van der Waals surface area contributed by atoms with Crippen LogP contribution in [0, 0.1) is 0 Å². The Balaban J connectivity index is 2.08. The molecule has 0 N–H and O–H groups in total. The van der Waals surface area contributed by atoms with Crippen molar-refractivity contribution < 1.29 is 0 Å². The fourth-order valence-electron chi connectivity index (χ4n) is 3.92. The zero-order valence-electron chi connectivity index (χ0n) is 14.5. The number of hydrogen-bond donors (Lipinski definition) is 0. The molecule has 2 aromatic rings. The maximum Gasteiger partial charge on any atom is 0.0243 e. The summed E-state index contributed by atoms with van der Waals surface area (Å²) in [4.78, 5) is 2.26. The zero-order valence-corrected chi connectivity index (χ0v) is 14.5. The van der Waals surface area contributed by atoms with Crippen LogP contribution in [0.5, 0.6) is 0 Å². The third-order valence-corrected chi connectivity index (χ3v) is 5.17. The summed E-state index contributed by atoms with van der Waals surface area (Å²) < 4.78 is 0. The lowest BCUT2D eigenvalue weighted by Crippen LogP contribution is -2.25. The average Bonchev–Trinajstić information content (AvgIpc) is 2.90. The number of benzene rings is 2. The third kappa shape index (κ3) is 2.98. The van der Waals surface area contributed by atoms with Crippen molar-refractivity contribution in [2.45, 2.75) is 31.6 Å². The van der Waals surface area contributed by atoms with E-state index in [4.69, 9.17) is 0 Å². The molecule has 1 aliphatic carbocycles. The summed E-state index contributed by atoms with van der Waals surface area (Å²) in [6.45, 7) is 3.43. The molecule has 0 saturated carbocycles. The van der Waals surface area contributed by atoms with Gasteiger partial charge in [-0.3, -0.25) is 0 Å². The predicted octanol–water partition coefficient (Wildman–Crippen LogP) is 4.93. The van der Waals surface area contributed by atoms with Gasteiger partial charge in [0.25, 0.3) is 0 Å². The quantitative estimate of drug-likeness (QED) is 0.757. The number of rotatable bonds is 5. The molecule has 0 amide bonds. The first-order chi connectivity index (χ1) is 11.2. The number of hydrogen-bond acceptors (Lipinski definition) is 1. The molecule has 1 atom stereocenters. The van der Waals surface area contributed by atoms with Gasteiger partial charge in [0.2, 0.25) is 0 Å². The van der Waals surface area contributed by atoms with Crippen LogP contribution in [0.15, 0.2) is 60.7 Å². The van der Waals surface area contributed by atoms with Crippen molar-refractivity contribution in [2.24, 2.45) is 0 Å². The summed E-state index contributed by atoms with van der Waals surface area (Å²) in [7, 11) is 4.29. The van der Waals surface area contributed by atoms with Crippen molar-refractivity contribution in [1.29, 1.82) is 0 Å². The zero-order chi connectivity index (χ0) is 16.3. The van der Waals surface area contributed by atoms with Crippen LogP contribution in [0.4, 0.5) is 0 Å². The highest BCUT2D eigenvalue weighted by atomic mass is 15.0. The van der Waals surface area contributed by atoms with Gasteiger partial charge in [0.05, 0.1) is 0 Å². The van der Waals surface area contributed by atoms with E-state index in [1.54, 1.807) is 0 Å². The van der Waals surface area contributed by atoms with Crippen LogP contribution in [-0.2, 0) is 11.8 Å². The molecule has 1 nitrogen and oxygen atoms in total. The van der Waals surface area contributed by atoms with E-state index in [0.717, 1.165) is 25.8 Å². The van der Waals surface area contributed by atoms with Gasteiger partial charge in [-0.15, -0.1) is 0 Å². The van der Waals surface area contributed by atoms with Gasteiger partial charge in [0.1, 0.15) is 0 Å². The number of fused-ring (bicyclic) bond motifs is 1. The Bertz CT molecular complexity index is 684. The molecule has 0 aromatic heterocycles. The Labute approximate surface area is 140 Å². The minimum atomic E-state index is 0.136. The second-order valence-corrected chi connectivity index (χ2v) is 6.85. The minimum Gasteiger partial charge on any atom is -0.309 e. The Morgan fingerprint density at radius 1 is 1.00 bits per heavy atom. The molecule has 1 heteroatoms. The Morgan fingerprint density at radius 2 is 1.70 bits per heavy atom. The Morgan fingerprint density at radius 3 is 2.39 bits per heavy atom. The lowest BCUT2D eigenvalue weighted by molar-refractivity contribution is 0.416. The van der Waals surface area contributed by atoms with Gasteiger partial charge < -0.3 is 4.90 Å². The fraction of sp³-hybridized carbons (Fsp3) is 0.364. The third-order valence-electron chi connectivity index (χ3n) is 5.17. The second kappa shape index (κ2) is 6.72. The van der Waals surface area contributed by atoms with Gasteiger partial charge in [-0.05, 0) is 55.6 Å². The van der Waals surface area contributed by atoms with E-state index in [2.05, 4.69) is 86.6 Å². The van der Waals surface area contributed by atoms with Crippen molar-refractivity contribution >= 4 is 5.57 Å². The molecule has 1 unspecified atom stereocenters. The lowest BCUT2D eigenvalue weighted by Gasteiger charge is -2.31. The smallest absolute Gasteiger partial charge is 0.0243 e. The highest BCUT2D eigenvalue weighted by molar-refractivity contribution is 5.82. The summed E-state index contributed by atoms with van der Waals surface area (Å²) >= 11 is 0. The molecule has 120 valence electrons. The van der Waals surface area contributed by atoms with Crippen LogP contribution in [-0.4, -0.2) is 25.5 Å². The minimum absolute atomic E-state index is 0.136. The summed E-state index contributed by atoms with van der Waals surface area (Å²) in [5.41, 5.74) is 6.07. The molecule has 1 aliphatic rings. The van der Waals surface area contributed by atoms with E-state index in [1.165, 1.54) is 22.3 Å². The van der Waals surface area contributed by atoms with Gasteiger partial charge in [0.15, 0.2) is 0 Å². The van der Waals surface area contributed by atoms with E-state index < -0.39 is 0 Å². The summed E-state index contributed by atoms with van der Waals surface area (Å²) in [6.07, 6.45) is 5.85. The maximum atomic E-state index is 2.49. The molecule has 2 aromatic carbocycles. The van der Waals surface area contributed by atoms with Crippen LogP contribution < -0.4 is 0 Å². The van der Waals surface area contributed by atoms with E-state index in [1.807, 2.05) is 0 Å². The molecule has 0 radical (unpaired) electrons. The largest absolute Gasteiger partial charge is 0.309 e. The van der Waals surface area contributed by atoms with Crippen molar-refractivity contribution in [3.8, 4) is 0 Å². The standard InChI is InChI=1S/C22H27N/c1-4-22(19-12-6-5-7-13-19)17-18-11-8-9-14-20(18)21(22)15-10-16-23(2)3/h5-9,11-15H,4,10,16-17H2,1-3H3/b21-15-. The van der Waals surface area contributed by atoms with Crippen LogP contribution in [0.25, 0.3) is 5.57 Å². The molecule has 0 aliphatic heterocycles. The molecule has 0 saturated heterocycles. The summed E-state index contributed by atoms with van der Waals surface area (Å²) in [6, 6.07) is 20.0. The molecular weight excluding hydrogens is 278 g/mol. The normalized spacial score (nSPS) is 21.8. The first kappa shape index (κ1) is 16.0. The molecule has 3 rings (SSSR count). The van der Waals surface area contributed by atoms with Gasteiger partial charge >= 0.3 is 0 Å². The van der Waals surface area contributed by atoms with E-state index in [9.17, 15) is 0 Å². The molecule has 0 spiro atoms. The Hall–Kier alpha value is -1.86. The molecule has 0 heterocycles. The van der Waals surface area contributed by atoms with Crippen LogP contribution in [0.1, 0.15) is 36.5 Å². The van der Waals surface area contributed by atoms with Crippen LogP contribution in [0.2, 0.25) is 0 Å². The van der Waals surface area contributed by atoms with E-state index in [0.29, 0.717) is 0 Å². The SMILES string of the molecule is CCC1(c2ccccc2)Cc2ccccc2/C1=C/CCN(C)C. The van der Waals surface area contributed by atoms with Crippen molar-refractivity contribution in [3.63, 3.8) is 0 Å². The van der Waals surface area contributed by atoms with Crippen molar-refractivity contribution in [1.82, 2.24) is 4.90 Å². The first-order valence-corrected chi connectivity index (χ1v) is 8.66. The molecule has 23 heavy (non-hydrogen) atoms. The van der Waals surface area contributed by atoms with Gasteiger partial charge in [-0.25, -0.2) is 0 Å². The van der Waals surface area contributed by atoms with Crippen molar-refractivity contribution in [3.05, 3.63) is 77.4 Å². The maximum absolute atomic E-state index is 2.49. The van der Waals surface area contributed by atoms with Gasteiger partial charge in [-0.1, -0.05) is 67.6 Å². The topological polar surface area (TPSA) is 3.24 Å². The molecule has 0 bridgehead atoms. The van der Waals surface area contributed by atoms with Crippen LogP contribution >= 0.6 is 0 Å². The number of allylic oxidation sites excluding steroid dienone is 1. The molecular formula is C22H27N. The highest BCUT2D eigenvalue weighted by Crippen LogP contribution is 2.50. The monoisotopic (exact) mass is 305 g/mol. The van der Waals surface area contributed by atoms with E-state index >= 15 is 0 Å². The van der Waals surface area contributed by atoms with Gasteiger partial charge in [-0.2, -0.15) is 0 Å². The fourth-order valence-corrected chi connectivity index (χ4v) is 3.92.